The van der Waals surface area contributed by atoms with Crippen LogP contribution in [0.2, 0.25) is 0 Å². The first-order chi connectivity index (χ1) is 12.0. The fourth-order valence-corrected chi connectivity index (χ4v) is 2.86. The Bertz CT molecular complexity index is 767. The molecule has 1 saturated heterocycles. The number of carbonyl (C=O) groups is 2. The van der Waals surface area contributed by atoms with Crippen LogP contribution in [0.3, 0.4) is 0 Å². The van der Waals surface area contributed by atoms with E-state index in [1.807, 2.05) is 32.9 Å². The van der Waals surface area contributed by atoms with Gasteiger partial charge in [-0.3, -0.25) is 9.59 Å². The molecule has 1 aliphatic heterocycles. The second-order valence-corrected chi connectivity index (χ2v) is 6.48. The van der Waals surface area contributed by atoms with E-state index < -0.39 is 0 Å². The lowest BCUT2D eigenvalue weighted by atomic mass is 10.1. The van der Waals surface area contributed by atoms with Crippen LogP contribution >= 0.6 is 0 Å². The Morgan fingerprint density at radius 2 is 2.08 bits per heavy atom. The van der Waals surface area contributed by atoms with E-state index in [0.29, 0.717) is 30.4 Å². The Kier molecular flexibility index (Phi) is 4.83. The number of nitrogens with zero attached hydrogens (tertiary/aromatic N) is 3. The number of nitrogens with one attached hydrogen (secondary N) is 1. The van der Waals surface area contributed by atoms with E-state index in [9.17, 15) is 9.59 Å². The number of benzene rings is 1. The quantitative estimate of drug-likeness (QED) is 0.902. The van der Waals surface area contributed by atoms with Crippen molar-refractivity contribution in [1.29, 1.82) is 0 Å². The van der Waals surface area contributed by atoms with E-state index >= 15 is 0 Å². The molecule has 2 amide bonds. The number of likely N-dealkylation sites (tertiary alicyclic amines) is 1. The zero-order chi connectivity index (χ0) is 18.0. The Morgan fingerprint density at radius 3 is 2.64 bits per heavy atom. The summed E-state index contributed by atoms with van der Waals surface area (Å²) in [6, 6.07) is 7.35. The molecule has 0 aliphatic carbocycles. The molecule has 1 aromatic carbocycles. The van der Waals surface area contributed by atoms with Crippen LogP contribution in [0.1, 0.15) is 33.0 Å². The smallest absolute Gasteiger partial charge is 0.257 e. The average molecular weight is 342 g/mol. The summed E-state index contributed by atoms with van der Waals surface area (Å²) in [5.74, 6) is 0.721. The lowest BCUT2D eigenvalue weighted by Gasteiger charge is -2.20. The molecule has 0 bridgehead atoms. The third kappa shape index (κ3) is 3.70. The van der Waals surface area contributed by atoms with Gasteiger partial charge in [0.05, 0.1) is 5.92 Å². The Morgan fingerprint density at radius 1 is 1.36 bits per heavy atom. The molecule has 2 heterocycles. The van der Waals surface area contributed by atoms with Crippen LogP contribution in [-0.2, 0) is 16.0 Å². The highest BCUT2D eigenvalue weighted by Gasteiger charge is 2.35. The van der Waals surface area contributed by atoms with Crippen molar-refractivity contribution in [3.63, 3.8) is 0 Å². The molecule has 1 N–H and O–H groups in total. The van der Waals surface area contributed by atoms with Gasteiger partial charge in [0, 0.05) is 36.7 Å². The van der Waals surface area contributed by atoms with Crippen molar-refractivity contribution in [2.75, 3.05) is 11.9 Å². The van der Waals surface area contributed by atoms with Gasteiger partial charge in [0.2, 0.25) is 11.8 Å². The minimum Gasteiger partial charge on any atom is -0.339 e. The molecule has 2 aromatic rings. The summed E-state index contributed by atoms with van der Waals surface area (Å²) >= 11 is 0. The first kappa shape index (κ1) is 17.1. The molecule has 1 aliphatic rings. The molecule has 0 spiro atoms. The number of aryl methyl sites for hydroxylation is 1. The molecule has 7 heteroatoms. The van der Waals surface area contributed by atoms with E-state index in [2.05, 4.69) is 15.5 Å². The zero-order valence-corrected chi connectivity index (χ0v) is 14.7. The number of aromatic nitrogens is 2. The van der Waals surface area contributed by atoms with Gasteiger partial charge in [0.25, 0.3) is 5.89 Å². The number of hydrogen-bond acceptors (Lipinski definition) is 5. The monoisotopic (exact) mass is 342 g/mol. The molecule has 0 saturated carbocycles. The molecular weight excluding hydrogens is 320 g/mol. The van der Waals surface area contributed by atoms with Gasteiger partial charge in [0.1, 0.15) is 0 Å². The fraction of sp³-hybridized carbons (Fsp3) is 0.444. The van der Waals surface area contributed by atoms with Gasteiger partial charge in [-0.25, -0.2) is 0 Å². The van der Waals surface area contributed by atoms with Crippen LogP contribution in [-0.4, -0.2) is 39.4 Å². The van der Waals surface area contributed by atoms with Crippen LogP contribution in [0.25, 0.3) is 11.5 Å². The second-order valence-electron chi connectivity index (χ2n) is 6.48. The number of amides is 2. The highest BCUT2D eigenvalue weighted by atomic mass is 16.5. The Labute approximate surface area is 146 Å². The van der Waals surface area contributed by atoms with Crippen molar-refractivity contribution >= 4 is 17.5 Å². The van der Waals surface area contributed by atoms with E-state index in [4.69, 9.17) is 4.52 Å². The predicted octanol–water partition coefficient (Wildman–Crippen LogP) is 2.49. The van der Waals surface area contributed by atoms with Crippen LogP contribution < -0.4 is 5.32 Å². The summed E-state index contributed by atoms with van der Waals surface area (Å²) in [6.07, 6.45) is 0.981. The first-order valence-electron chi connectivity index (χ1n) is 8.51. The van der Waals surface area contributed by atoms with E-state index in [1.165, 1.54) is 0 Å². The summed E-state index contributed by atoms with van der Waals surface area (Å²) in [5.41, 5.74) is 1.48. The van der Waals surface area contributed by atoms with Crippen molar-refractivity contribution in [1.82, 2.24) is 15.0 Å². The third-order valence-corrected chi connectivity index (χ3v) is 4.34. The van der Waals surface area contributed by atoms with Gasteiger partial charge in [-0.05, 0) is 38.1 Å². The highest BCUT2D eigenvalue weighted by Crippen LogP contribution is 2.23. The molecule has 0 radical (unpaired) electrons. The molecule has 132 valence electrons. The number of carbonyl (C=O) groups excluding carboxylic acids is 2. The van der Waals surface area contributed by atoms with Gasteiger partial charge in [-0.2, -0.15) is 4.98 Å². The topological polar surface area (TPSA) is 88.3 Å². The zero-order valence-electron chi connectivity index (χ0n) is 14.7. The Balaban J connectivity index is 1.63. The standard InChI is InChI=1S/C18H22N4O3/c1-4-15-20-18(25-21-15)12-5-7-14(8-6-12)19-17(24)13-9-16(23)22(10-13)11(2)3/h5-8,11,13H,4,9-10H2,1-3H3,(H,19,24). The van der Waals surface area contributed by atoms with E-state index in [-0.39, 0.29) is 30.2 Å². The van der Waals surface area contributed by atoms with Gasteiger partial charge in [-0.15, -0.1) is 0 Å². The van der Waals surface area contributed by atoms with Crippen molar-refractivity contribution in [3.8, 4) is 11.5 Å². The van der Waals surface area contributed by atoms with Crippen molar-refractivity contribution in [3.05, 3.63) is 30.1 Å². The summed E-state index contributed by atoms with van der Waals surface area (Å²) in [6.45, 7) is 6.35. The van der Waals surface area contributed by atoms with Crippen molar-refractivity contribution in [2.45, 2.75) is 39.7 Å². The number of hydrogen-bond donors (Lipinski definition) is 1. The van der Waals surface area contributed by atoms with E-state index in [0.717, 1.165) is 5.56 Å². The first-order valence-corrected chi connectivity index (χ1v) is 8.51. The predicted molar refractivity (Wildman–Crippen MR) is 92.7 cm³/mol. The third-order valence-electron chi connectivity index (χ3n) is 4.34. The maximum absolute atomic E-state index is 12.4. The average Bonchev–Trinajstić information content (AvgIpc) is 3.22. The maximum Gasteiger partial charge on any atom is 0.257 e. The second kappa shape index (κ2) is 7.04. The Hall–Kier alpha value is -2.70. The normalized spacial score (nSPS) is 17.4. The van der Waals surface area contributed by atoms with Gasteiger partial charge in [0.15, 0.2) is 5.82 Å². The fourth-order valence-electron chi connectivity index (χ4n) is 2.86. The minimum atomic E-state index is -0.308. The SMILES string of the molecule is CCc1noc(-c2ccc(NC(=O)C3CC(=O)N(C(C)C)C3)cc2)n1. The molecule has 3 rings (SSSR count). The molecule has 1 atom stereocenters. The van der Waals surface area contributed by atoms with Gasteiger partial charge >= 0.3 is 0 Å². The summed E-state index contributed by atoms with van der Waals surface area (Å²) < 4.78 is 5.20. The maximum atomic E-state index is 12.4. The molecule has 1 aromatic heterocycles. The molecule has 1 fully saturated rings. The highest BCUT2D eigenvalue weighted by molar-refractivity contribution is 5.97. The van der Waals surface area contributed by atoms with E-state index in [1.54, 1.807) is 17.0 Å². The molecule has 7 nitrogen and oxygen atoms in total. The van der Waals surface area contributed by atoms with Crippen LogP contribution in [0.5, 0.6) is 0 Å². The lowest BCUT2D eigenvalue weighted by molar-refractivity contribution is -0.129. The van der Waals surface area contributed by atoms with Crippen LogP contribution in [0, 0.1) is 5.92 Å². The summed E-state index contributed by atoms with van der Waals surface area (Å²) in [5, 5.41) is 6.74. The van der Waals surface area contributed by atoms with Crippen molar-refractivity contribution < 1.29 is 14.1 Å². The largest absolute Gasteiger partial charge is 0.339 e. The van der Waals surface area contributed by atoms with Crippen molar-refractivity contribution in [2.24, 2.45) is 5.92 Å². The summed E-state index contributed by atoms with van der Waals surface area (Å²) in [7, 11) is 0. The number of anilines is 1. The molecular formula is C18H22N4O3. The molecule has 25 heavy (non-hydrogen) atoms. The lowest BCUT2D eigenvalue weighted by Crippen LogP contribution is -2.33. The van der Waals surface area contributed by atoms with Crippen LogP contribution in [0.4, 0.5) is 5.69 Å². The van der Waals surface area contributed by atoms with Gasteiger partial charge in [-0.1, -0.05) is 12.1 Å². The minimum absolute atomic E-state index is 0.0358. The number of rotatable bonds is 5. The van der Waals surface area contributed by atoms with Crippen LogP contribution in [0.15, 0.2) is 28.8 Å². The summed E-state index contributed by atoms with van der Waals surface area (Å²) in [4.78, 5) is 30.4. The molecule has 1 unspecified atom stereocenters. The van der Waals surface area contributed by atoms with Gasteiger partial charge < -0.3 is 14.7 Å².